The Morgan fingerprint density at radius 3 is 2.96 bits per heavy atom. The van der Waals surface area contributed by atoms with Gasteiger partial charge in [-0.3, -0.25) is 9.78 Å². The Kier molecular flexibility index (Phi) is 3.48. The second-order valence-electron chi connectivity index (χ2n) is 7.09. The lowest BCUT2D eigenvalue weighted by Crippen LogP contribution is -2.44. The Bertz CT molecular complexity index is 882. The maximum Gasteiger partial charge on any atom is 0.139 e. The number of morpholine rings is 1. The van der Waals surface area contributed by atoms with Gasteiger partial charge in [-0.25, -0.2) is 4.98 Å². The molecule has 1 aliphatic carbocycles. The molecule has 7 heteroatoms. The SMILES string of the molecule is C[C@@H]1COCCN1c1ccc2c(n1)c(-c1cc[nH]n1)nn2CC1CC1. The van der Waals surface area contributed by atoms with Gasteiger partial charge in [0.1, 0.15) is 22.7 Å². The molecule has 5 rings (SSSR count). The van der Waals surface area contributed by atoms with Crippen molar-refractivity contribution >= 4 is 16.9 Å². The molecule has 7 nitrogen and oxygen atoms in total. The van der Waals surface area contributed by atoms with E-state index in [1.54, 1.807) is 0 Å². The number of H-pyrrole nitrogens is 1. The number of nitrogens with zero attached hydrogens (tertiary/aromatic N) is 5. The summed E-state index contributed by atoms with van der Waals surface area (Å²) in [6.45, 7) is 5.50. The van der Waals surface area contributed by atoms with Crippen molar-refractivity contribution in [2.45, 2.75) is 32.4 Å². The fourth-order valence-corrected chi connectivity index (χ4v) is 3.52. The van der Waals surface area contributed by atoms with Crippen LogP contribution in [0.4, 0.5) is 5.82 Å². The number of hydrogen-bond acceptors (Lipinski definition) is 5. The summed E-state index contributed by atoms with van der Waals surface area (Å²) in [6, 6.07) is 6.55. The third-order valence-electron chi connectivity index (χ3n) is 5.12. The number of ether oxygens (including phenoxy) is 1. The zero-order chi connectivity index (χ0) is 16.8. The van der Waals surface area contributed by atoms with Crippen LogP contribution in [0.15, 0.2) is 24.4 Å². The maximum absolute atomic E-state index is 5.56. The van der Waals surface area contributed by atoms with E-state index in [4.69, 9.17) is 14.8 Å². The van der Waals surface area contributed by atoms with Gasteiger partial charge in [-0.15, -0.1) is 0 Å². The van der Waals surface area contributed by atoms with E-state index in [0.29, 0.717) is 6.04 Å². The van der Waals surface area contributed by atoms with Gasteiger partial charge in [-0.2, -0.15) is 10.2 Å². The summed E-state index contributed by atoms with van der Waals surface area (Å²) in [5.41, 5.74) is 3.73. The molecule has 1 aliphatic heterocycles. The number of aromatic amines is 1. The lowest BCUT2D eigenvalue weighted by molar-refractivity contribution is 0.0986. The standard InChI is InChI=1S/C18H22N6O/c1-12-11-25-9-8-23(12)16-5-4-15-18(20-16)17(14-6-7-19-21-14)22-24(15)10-13-2-3-13/h4-7,12-13H,2-3,8-11H2,1H3,(H,19,21)/t12-/m1/s1. The Morgan fingerprint density at radius 1 is 1.28 bits per heavy atom. The van der Waals surface area contributed by atoms with E-state index in [1.807, 2.05) is 12.3 Å². The molecule has 0 radical (unpaired) electrons. The predicted octanol–water partition coefficient (Wildman–Crippen LogP) is 2.46. The lowest BCUT2D eigenvalue weighted by Gasteiger charge is -2.34. The predicted molar refractivity (Wildman–Crippen MR) is 95.5 cm³/mol. The first kappa shape index (κ1) is 14.9. The molecule has 1 saturated carbocycles. The first-order valence-electron chi connectivity index (χ1n) is 9.01. The first-order valence-corrected chi connectivity index (χ1v) is 9.01. The van der Waals surface area contributed by atoms with Crippen molar-refractivity contribution in [1.29, 1.82) is 0 Å². The number of hydrogen-bond donors (Lipinski definition) is 1. The van der Waals surface area contributed by atoms with Crippen molar-refractivity contribution in [2.24, 2.45) is 5.92 Å². The highest BCUT2D eigenvalue weighted by Gasteiger charge is 2.26. The molecule has 0 bridgehead atoms. The number of aromatic nitrogens is 5. The van der Waals surface area contributed by atoms with Gasteiger partial charge in [0, 0.05) is 19.3 Å². The summed E-state index contributed by atoms with van der Waals surface area (Å²) in [5.74, 6) is 1.75. The van der Waals surface area contributed by atoms with E-state index < -0.39 is 0 Å². The number of fused-ring (bicyclic) bond motifs is 1. The molecule has 0 unspecified atom stereocenters. The molecule has 0 spiro atoms. The molecule has 25 heavy (non-hydrogen) atoms. The van der Waals surface area contributed by atoms with Gasteiger partial charge < -0.3 is 9.64 Å². The van der Waals surface area contributed by atoms with Crippen molar-refractivity contribution < 1.29 is 4.74 Å². The minimum atomic E-state index is 0.328. The van der Waals surface area contributed by atoms with E-state index in [0.717, 1.165) is 60.5 Å². The van der Waals surface area contributed by atoms with Crippen LogP contribution in [0.25, 0.3) is 22.4 Å². The highest BCUT2D eigenvalue weighted by atomic mass is 16.5. The van der Waals surface area contributed by atoms with Crippen LogP contribution >= 0.6 is 0 Å². The van der Waals surface area contributed by atoms with Crippen molar-refractivity contribution in [3.8, 4) is 11.4 Å². The fourth-order valence-electron chi connectivity index (χ4n) is 3.52. The third kappa shape index (κ3) is 2.68. The maximum atomic E-state index is 5.56. The average molecular weight is 338 g/mol. The van der Waals surface area contributed by atoms with Crippen LogP contribution in [0, 0.1) is 5.92 Å². The summed E-state index contributed by atoms with van der Waals surface area (Å²) >= 11 is 0. The van der Waals surface area contributed by atoms with Crippen LogP contribution in [0.1, 0.15) is 19.8 Å². The number of rotatable bonds is 4. The largest absolute Gasteiger partial charge is 0.377 e. The normalized spacial score (nSPS) is 21.2. The summed E-state index contributed by atoms with van der Waals surface area (Å²) in [5, 5.41) is 12.1. The van der Waals surface area contributed by atoms with Crippen LogP contribution in [0.2, 0.25) is 0 Å². The van der Waals surface area contributed by atoms with Crippen molar-refractivity contribution in [3.63, 3.8) is 0 Å². The van der Waals surface area contributed by atoms with E-state index in [9.17, 15) is 0 Å². The van der Waals surface area contributed by atoms with Gasteiger partial charge in [0.2, 0.25) is 0 Å². The summed E-state index contributed by atoms with van der Waals surface area (Å²) < 4.78 is 7.67. The second-order valence-corrected chi connectivity index (χ2v) is 7.09. The highest BCUT2D eigenvalue weighted by Crippen LogP contribution is 2.34. The van der Waals surface area contributed by atoms with Gasteiger partial charge in [0.05, 0.1) is 24.8 Å². The van der Waals surface area contributed by atoms with Crippen LogP contribution in [-0.2, 0) is 11.3 Å². The summed E-state index contributed by atoms with van der Waals surface area (Å²) in [6.07, 6.45) is 4.43. The number of pyridine rings is 1. The molecule has 1 atom stereocenters. The highest BCUT2D eigenvalue weighted by molar-refractivity contribution is 5.90. The van der Waals surface area contributed by atoms with E-state index >= 15 is 0 Å². The van der Waals surface area contributed by atoms with Crippen molar-refractivity contribution in [3.05, 3.63) is 24.4 Å². The second kappa shape index (κ2) is 5.84. The van der Waals surface area contributed by atoms with Gasteiger partial charge in [0.15, 0.2) is 0 Å². The molecule has 0 amide bonds. The monoisotopic (exact) mass is 338 g/mol. The van der Waals surface area contributed by atoms with Crippen LogP contribution in [0.3, 0.4) is 0 Å². The van der Waals surface area contributed by atoms with Crippen LogP contribution in [0.5, 0.6) is 0 Å². The van der Waals surface area contributed by atoms with Gasteiger partial charge in [0.25, 0.3) is 0 Å². The molecule has 2 fully saturated rings. The Hall–Kier alpha value is -2.41. The molecule has 4 heterocycles. The quantitative estimate of drug-likeness (QED) is 0.791. The zero-order valence-corrected chi connectivity index (χ0v) is 14.4. The first-order chi connectivity index (χ1) is 12.3. The molecular formula is C18H22N6O. The number of anilines is 1. The fraction of sp³-hybridized carbons (Fsp3) is 0.500. The van der Waals surface area contributed by atoms with Gasteiger partial charge in [-0.05, 0) is 43.9 Å². The average Bonchev–Trinajstić information content (AvgIpc) is 3.15. The molecule has 3 aromatic rings. The van der Waals surface area contributed by atoms with E-state index in [2.05, 4.69) is 38.8 Å². The lowest BCUT2D eigenvalue weighted by atomic mass is 10.2. The Morgan fingerprint density at radius 2 is 2.20 bits per heavy atom. The molecule has 1 saturated heterocycles. The van der Waals surface area contributed by atoms with Gasteiger partial charge >= 0.3 is 0 Å². The molecule has 1 N–H and O–H groups in total. The summed E-state index contributed by atoms with van der Waals surface area (Å²) in [7, 11) is 0. The van der Waals surface area contributed by atoms with Crippen LogP contribution < -0.4 is 4.90 Å². The Labute approximate surface area is 146 Å². The van der Waals surface area contributed by atoms with Crippen molar-refractivity contribution in [2.75, 3.05) is 24.7 Å². The zero-order valence-electron chi connectivity index (χ0n) is 14.4. The van der Waals surface area contributed by atoms with E-state index in [-0.39, 0.29) is 0 Å². The molecule has 3 aromatic heterocycles. The topological polar surface area (TPSA) is 71.9 Å². The minimum absolute atomic E-state index is 0.328. The number of nitrogens with one attached hydrogen (secondary N) is 1. The molecule has 2 aliphatic rings. The minimum Gasteiger partial charge on any atom is -0.377 e. The smallest absolute Gasteiger partial charge is 0.139 e. The molecule has 0 aromatic carbocycles. The summed E-state index contributed by atoms with van der Waals surface area (Å²) in [4.78, 5) is 7.30. The third-order valence-corrected chi connectivity index (χ3v) is 5.12. The Balaban J connectivity index is 1.62. The molecular weight excluding hydrogens is 316 g/mol. The van der Waals surface area contributed by atoms with E-state index in [1.165, 1.54) is 12.8 Å². The molecule has 130 valence electrons. The van der Waals surface area contributed by atoms with Crippen LogP contribution in [-0.4, -0.2) is 50.8 Å². The van der Waals surface area contributed by atoms with Gasteiger partial charge in [-0.1, -0.05) is 0 Å². The van der Waals surface area contributed by atoms with Crippen molar-refractivity contribution in [1.82, 2.24) is 25.0 Å².